The van der Waals surface area contributed by atoms with E-state index in [4.69, 9.17) is 26.5 Å². The maximum atomic E-state index is 14.8. The maximum absolute atomic E-state index is 14.8. The van der Waals surface area contributed by atoms with Crippen LogP contribution in [0.5, 0.6) is 0 Å². The van der Waals surface area contributed by atoms with Crippen molar-refractivity contribution in [2.45, 2.75) is 38.1 Å². The molecule has 3 fully saturated rings. The summed E-state index contributed by atoms with van der Waals surface area (Å²) < 4.78 is 26.7. The first-order chi connectivity index (χ1) is 13.3. The van der Waals surface area contributed by atoms with Gasteiger partial charge in [0.25, 0.3) is 0 Å². The molecule has 0 radical (unpaired) electrons. The summed E-state index contributed by atoms with van der Waals surface area (Å²) in [5, 5.41) is 38.9. The number of nitrogens with one attached hydrogen (secondary N) is 1. The van der Waals surface area contributed by atoms with Crippen molar-refractivity contribution in [1.82, 2.24) is 0 Å². The van der Waals surface area contributed by atoms with E-state index >= 15 is 0 Å². The van der Waals surface area contributed by atoms with E-state index in [2.05, 4.69) is 6.07 Å². The Kier molecular flexibility index (Phi) is 3.95. The molecule has 1 aliphatic carbocycles. The van der Waals surface area contributed by atoms with Gasteiger partial charge in [0.1, 0.15) is 11.9 Å². The van der Waals surface area contributed by atoms with Gasteiger partial charge in [-0.3, -0.25) is 5.41 Å². The number of ether oxygens (including phenoxy) is 2. The van der Waals surface area contributed by atoms with E-state index < -0.39 is 40.4 Å². The van der Waals surface area contributed by atoms with Gasteiger partial charge in [-0.15, -0.1) is 0 Å². The van der Waals surface area contributed by atoms with Gasteiger partial charge in [-0.2, -0.15) is 15.8 Å². The number of nitrogens with zero attached hydrogens (tertiary/aromatic N) is 3. The molecule has 2 heterocycles. The van der Waals surface area contributed by atoms with Crippen LogP contribution in [0.15, 0.2) is 18.2 Å². The fraction of sp³-hybridized carbons (Fsp3) is 0.500. The predicted molar refractivity (Wildman–Crippen MR) is 95.0 cm³/mol. The molecule has 1 aromatic carbocycles. The number of hydrogen-bond donors (Lipinski definition) is 1. The lowest BCUT2D eigenvalue weighted by Crippen LogP contribution is -2.61. The predicted octanol–water partition coefficient (Wildman–Crippen LogP) is 4.23. The van der Waals surface area contributed by atoms with Gasteiger partial charge in [-0.25, -0.2) is 4.39 Å². The molecular formula is C20H16ClFN4O2. The van der Waals surface area contributed by atoms with Crippen molar-refractivity contribution in [2.75, 3.05) is 0 Å². The third-order valence-corrected chi connectivity index (χ3v) is 6.76. The highest BCUT2D eigenvalue weighted by atomic mass is 35.5. The highest BCUT2D eigenvalue weighted by Crippen LogP contribution is 2.70. The van der Waals surface area contributed by atoms with Crippen molar-refractivity contribution in [3.8, 4) is 18.2 Å². The van der Waals surface area contributed by atoms with Gasteiger partial charge in [-0.1, -0.05) is 24.6 Å². The molecule has 8 heteroatoms. The molecule has 2 saturated heterocycles. The van der Waals surface area contributed by atoms with Crippen molar-refractivity contribution < 1.29 is 13.9 Å². The van der Waals surface area contributed by atoms with Crippen molar-refractivity contribution in [3.05, 3.63) is 34.6 Å². The summed E-state index contributed by atoms with van der Waals surface area (Å²) in [6.45, 7) is 2.00. The molecule has 4 rings (SSSR count). The molecule has 2 aliphatic heterocycles. The van der Waals surface area contributed by atoms with E-state index in [0.29, 0.717) is 12.8 Å². The first kappa shape index (κ1) is 18.7. The van der Waals surface area contributed by atoms with Crippen LogP contribution in [0, 0.1) is 67.9 Å². The van der Waals surface area contributed by atoms with Crippen LogP contribution in [0.3, 0.4) is 0 Å². The molecule has 1 saturated carbocycles. The van der Waals surface area contributed by atoms with Crippen molar-refractivity contribution in [3.63, 3.8) is 0 Å². The van der Waals surface area contributed by atoms with Gasteiger partial charge in [0.15, 0.2) is 5.41 Å². The molecule has 5 unspecified atom stereocenters. The summed E-state index contributed by atoms with van der Waals surface area (Å²) in [4.78, 5) is 0. The summed E-state index contributed by atoms with van der Waals surface area (Å²) in [6, 6.07) is 9.88. The van der Waals surface area contributed by atoms with Crippen LogP contribution < -0.4 is 0 Å². The monoisotopic (exact) mass is 398 g/mol. The molecule has 142 valence electrons. The maximum Gasteiger partial charge on any atom is 0.217 e. The highest BCUT2D eigenvalue weighted by Gasteiger charge is 2.81. The quantitative estimate of drug-likeness (QED) is 0.760. The third-order valence-electron chi connectivity index (χ3n) is 6.43. The Morgan fingerprint density at radius 1 is 1.25 bits per heavy atom. The molecule has 2 bridgehead atoms. The van der Waals surface area contributed by atoms with E-state index in [9.17, 15) is 20.2 Å². The molecular weight excluding hydrogens is 383 g/mol. The van der Waals surface area contributed by atoms with Crippen molar-refractivity contribution in [2.24, 2.45) is 22.7 Å². The molecule has 0 amide bonds. The van der Waals surface area contributed by atoms with Gasteiger partial charge >= 0.3 is 0 Å². The Morgan fingerprint density at radius 3 is 2.57 bits per heavy atom. The van der Waals surface area contributed by atoms with Crippen LogP contribution in [0.1, 0.15) is 37.9 Å². The molecule has 1 N–H and O–H groups in total. The van der Waals surface area contributed by atoms with E-state index in [0.717, 1.165) is 12.5 Å². The van der Waals surface area contributed by atoms with Crippen molar-refractivity contribution in [1.29, 1.82) is 21.2 Å². The van der Waals surface area contributed by atoms with E-state index in [-0.39, 0.29) is 16.5 Å². The van der Waals surface area contributed by atoms with E-state index in [1.54, 1.807) is 0 Å². The van der Waals surface area contributed by atoms with Gasteiger partial charge in [-0.05, 0) is 30.9 Å². The van der Waals surface area contributed by atoms with Crippen LogP contribution in [-0.4, -0.2) is 11.7 Å². The van der Waals surface area contributed by atoms with E-state index in [1.807, 2.05) is 19.1 Å². The number of rotatable bonds is 1. The fourth-order valence-corrected chi connectivity index (χ4v) is 5.31. The largest absolute Gasteiger partial charge is 0.447 e. The Morgan fingerprint density at radius 2 is 1.96 bits per heavy atom. The smallest absolute Gasteiger partial charge is 0.217 e. The first-order valence-electron chi connectivity index (χ1n) is 8.95. The van der Waals surface area contributed by atoms with Gasteiger partial charge in [0.05, 0.1) is 24.1 Å². The minimum atomic E-state index is -2.19. The second kappa shape index (κ2) is 5.92. The van der Waals surface area contributed by atoms with Gasteiger partial charge in [0, 0.05) is 17.0 Å². The van der Waals surface area contributed by atoms with Crippen LogP contribution in [0.25, 0.3) is 0 Å². The first-order valence-corrected chi connectivity index (χ1v) is 9.33. The normalized spacial score (nSPS) is 37.7. The molecule has 0 spiro atoms. The second-order valence-electron chi connectivity index (χ2n) is 7.76. The number of nitriles is 3. The van der Waals surface area contributed by atoms with Gasteiger partial charge in [0.2, 0.25) is 17.1 Å². The fourth-order valence-electron chi connectivity index (χ4n) is 5.05. The summed E-state index contributed by atoms with van der Waals surface area (Å²) in [7, 11) is 0. The van der Waals surface area contributed by atoms with Crippen LogP contribution >= 0.6 is 11.6 Å². The average molecular weight is 399 g/mol. The molecule has 0 aromatic heterocycles. The lowest BCUT2D eigenvalue weighted by molar-refractivity contribution is -0.298. The number of benzene rings is 1. The number of hydrogen-bond acceptors (Lipinski definition) is 6. The topological polar surface area (TPSA) is 114 Å². The molecule has 3 aliphatic rings. The van der Waals surface area contributed by atoms with Crippen LogP contribution in [0.2, 0.25) is 5.02 Å². The Labute approximate surface area is 166 Å². The van der Waals surface area contributed by atoms with E-state index in [1.165, 1.54) is 12.1 Å². The highest BCUT2D eigenvalue weighted by molar-refractivity contribution is 6.31. The summed E-state index contributed by atoms with van der Waals surface area (Å²) in [5.41, 5.74) is -4.23. The summed E-state index contributed by atoms with van der Waals surface area (Å²) >= 11 is 6.22. The zero-order valence-corrected chi connectivity index (χ0v) is 15.8. The second-order valence-corrected chi connectivity index (χ2v) is 8.17. The Balaban J connectivity index is 2.05. The van der Waals surface area contributed by atoms with Crippen LogP contribution in [-0.2, 0) is 9.47 Å². The zero-order valence-electron chi connectivity index (χ0n) is 15.0. The number of halogens is 2. The summed E-state index contributed by atoms with van der Waals surface area (Å²) in [5.74, 6) is -3.04. The average Bonchev–Trinajstić information content (AvgIpc) is 2.86. The molecule has 1 aromatic rings. The van der Waals surface area contributed by atoms with Crippen molar-refractivity contribution >= 4 is 17.5 Å². The minimum absolute atomic E-state index is 0.0158. The summed E-state index contributed by atoms with van der Waals surface area (Å²) in [6.07, 6.45) is 0.0805. The Bertz CT molecular complexity index is 975. The van der Waals surface area contributed by atoms with Crippen LogP contribution in [0.4, 0.5) is 4.39 Å². The zero-order chi connectivity index (χ0) is 20.3. The SMILES string of the molecule is CC1CCC23OC(=N)C(C#N)(C2C1)C(C#N)(C#N)C(c1c(F)cccc1Cl)O3. The lowest BCUT2D eigenvalue weighted by atomic mass is 9.50. The standard InChI is InChI=1S/C20H16ClFN4O2/c1-11-5-6-20-14(7-11)19(10-25,17(26)28-20)18(8-23,9-24)16(27-20)15-12(21)3-2-4-13(15)22/h2-4,11,14,16,26H,5-7H2,1H3. The Hall–Kier alpha value is -2.66. The molecule has 5 atom stereocenters. The minimum Gasteiger partial charge on any atom is -0.447 e. The lowest BCUT2D eigenvalue weighted by Gasteiger charge is -2.52. The molecule has 28 heavy (non-hydrogen) atoms. The molecule has 6 nitrogen and oxygen atoms in total. The third kappa shape index (κ3) is 1.95. The van der Waals surface area contributed by atoms with Gasteiger partial charge < -0.3 is 9.47 Å².